The van der Waals surface area contributed by atoms with Crippen molar-refractivity contribution < 1.29 is 24.2 Å². The van der Waals surface area contributed by atoms with Crippen molar-refractivity contribution in [3.63, 3.8) is 0 Å². The molecule has 7 heteroatoms. The Hall–Kier alpha value is -4.13. The van der Waals surface area contributed by atoms with Gasteiger partial charge in [0.15, 0.2) is 0 Å². The molecule has 0 fully saturated rings. The normalized spacial score (nSPS) is 12.9. The number of benzene rings is 3. The van der Waals surface area contributed by atoms with Crippen LogP contribution in [0.4, 0.5) is 4.79 Å². The standard InChI is InChI=1S/C25H22N2O5/c28-21(14-26-25(31)32-15-16-8-2-1-3-9-16)27-23(24(29)30)22-19-12-6-4-10-17(19)18-11-5-7-13-20(18)22/h1-13,22-23H,14-15H2,(H,26,31)(H,27,28)(H,29,30)/t23-/m0/s1. The molecule has 3 N–H and O–H groups in total. The van der Waals surface area contributed by atoms with E-state index in [0.717, 1.165) is 27.8 Å². The molecule has 0 saturated heterocycles. The first kappa shape index (κ1) is 21.1. The Labute approximate surface area is 185 Å². The van der Waals surface area contributed by atoms with Crippen molar-refractivity contribution in [1.82, 2.24) is 10.6 Å². The maximum absolute atomic E-state index is 12.5. The summed E-state index contributed by atoms with van der Waals surface area (Å²) in [6.07, 6.45) is -0.757. The lowest BCUT2D eigenvalue weighted by Crippen LogP contribution is -2.48. The van der Waals surface area contributed by atoms with E-state index in [1.807, 2.05) is 78.9 Å². The molecule has 0 spiro atoms. The summed E-state index contributed by atoms with van der Waals surface area (Å²) < 4.78 is 5.08. The van der Waals surface area contributed by atoms with Crippen LogP contribution in [0.15, 0.2) is 78.9 Å². The minimum Gasteiger partial charge on any atom is -0.480 e. The lowest BCUT2D eigenvalue weighted by atomic mass is 9.89. The monoisotopic (exact) mass is 430 g/mol. The van der Waals surface area contributed by atoms with Crippen LogP contribution in [-0.4, -0.2) is 35.7 Å². The number of nitrogens with one attached hydrogen (secondary N) is 2. The largest absolute Gasteiger partial charge is 0.480 e. The summed E-state index contributed by atoms with van der Waals surface area (Å²) in [5.41, 5.74) is 4.41. The zero-order chi connectivity index (χ0) is 22.5. The van der Waals surface area contributed by atoms with Crippen molar-refractivity contribution in [3.05, 3.63) is 95.6 Å². The van der Waals surface area contributed by atoms with Crippen molar-refractivity contribution in [2.75, 3.05) is 6.54 Å². The maximum Gasteiger partial charge on any atom is 0.407 e. The van der Waals surface area contributed by atoms with Gasteiger partial charge in [-0.3, -0.25) is 4.79 Å². The zero-order valence-corrected chi connectivity index (χ0v) is 17.2. The Morgan fingerprint density at radius 3 is 2.00 bits per heavy atom. The number of hydrogen-bond donors (Lipinski definition) is 3. The van der Waals surface area contributed by atoms with Gasteiger partial charge in [0.25, 0.3) is 0 Å². The smallest absolute Gasteiger partial charge is 0.407 e. The summed E-state index contributed by atoms with van der Waals surface area (Å²) in [5.74, 6) is -2.30. The van der Waals surface area contributed by atoms with Crippen molar-refractivity contribution in [2.24, 2.45) is 0 Å². The SMILES string of the molecule is O=C(CNC(=O)OCc1ccccc1)N[C@H](C(=O)O)C1c2ccccc2-c2ccccc21. The first-order valence-corrected chi connectivity index (χ1v) is 10.2. The Bertz CT molecular complexity index is 1100. The first-order chi connectivity index (χ1) is 15.5. The molecule has 3 aromatic rings. The molecule has 1 atom stereocenters. The number of aliphatic carboxylic acids is 1. The number of rotatable bonds is 7. The highest BCUT2D eigenvalue weighted by Gasteiger charge is 2.38. The van der Waals surface area contributed by atoms with Gasteiger partial charge in [-0.2, -0.15) is 0 Å². The molecule has 7 nitrogen and oxygen atoms in total. The van der Waals surface area contributed by atoms with E-state index in [9.17, 15) is 19.5 Å². The van der Waals surface area contributed by atoms with Gasteiger partial charge in [-0.1, -0.05) is 78.9 Å². The van der Waals surface area contributed by atoms with Gasteiger partial charge in [0.1, 0.15) is 19.2 Å². The van der Waals surface area contributed by atoms with Gasteiger partial charge < -0.3 is 20.5 Å². The minimum absolute atomic E-state index is 0.0711. The second-order valence-corrected chi connectivity index (χ2v) is 7.45. The molecule has 0 radical (unpaired) electrons. The van der Waals surface area contributed by atoms with Gasteiger partial charge in [0.05, 0.1) is 0 Å². The van der Waals surface area contributed by atoms with Gasteiger partial charge in [-0.05, 0) is 27.8 Å². The lowest BCUT2D eigenvalue weighted by Gasteiger charge is -2.23. The van der Waals surface area contributed by atoms with Gasteiger partial charge >= 0.3 is 12.1 Å². The van der Waals surface area contributed by atoms with E-state index < -0.39 is 36.5 Å². The first-order valence-electron chi connectivity index (χ1n) is 10.2. The average Bonchev–Trinajstić information content (AvgIpc) is 3.14. The number of carbonyl (C=O) groups is 3. The number of carbonyl (C=O) groups excluding carboxylic acids is 2. The molecule has 0 aliphatic heterocycles. The third-order valence-electron chi connectivity index (χ3n) is 5.40. The molecule has 0 heterocycles. The molecular weight excluding hydrogens is 408 g/mol. The predicted molar refractivity (Wildman–Crippen MR) is 118 cm³/mol. The molecule has 0 aromatic heterocycles. The number of fused-ring (bicyclic) bond motifs is 3. The molecule has 162 valence electrons. The Morgan fingerprint density at radius 1 is 0.844 bits per heavy atom. The van der Waals surface area contributed by atoms with Crippen molar-refractivity contribution in [1.29, 1.82) is 0 Å². The molecule has 0 bridgehead atoms. The molecule has 32 heavy (non-hydrogen) atoms. The third-order valence-corrected chi connectivity index (χ3v) is 5.40. The Kier molecular flexibility index (Phi) is 6.17. The van der Waals surface area contributed by atoms with Gasteiger partial charge in [0, 0.05) is 5.92 Å². The van der Waals surface area contributed by atoms with Crippen LogP contribution in [0.1, 0.15) is 22.6 Å². The second kappa shape index (κ2) is 9.34. The molecule has 4 rings (SSSR count). The van der Waals surface area contributed by atoms with Gasteiger partial charge in [-0.25, -0.2) is 9.59 Å². The van der Waals surface area contributed by atoms with Crippen LogP contribution < -0.4 is 10.6 Å². The molecule has 1 aliphatic carbocycles. The number of ether oxygens (including phenoxy) is 1. The maximum atomic E-state index is 12.5. The predicted octanol–water partition coefficient (Wildman–Crippen LogP) is 3.29. The van der Waals surface area contributed by atoms with Gasteiger partial charge in [-0.15, -0.1) is 0 Å². The Balaban J connectivity index is 1.41. The number of alkyl carbamates (subject to hydrolysis) is 1. The van der Waals surface area contributed by atoms with E-state index in [0.29, 0.717) is 0 Å². The van der Waals surface area contributed by atoms with Crippen molar-refractivity contribution in [2.45, 2.75) is 18.6 Å². The molecular formula is C25H22N2O5. The molecule has 1 aliphatic rings. The number of carboxylic acid groups (broad SMARTS) is 1. The fourth-order valence-corrected chi connectivity index (χ4v) is 3.99. The van der Waals surface area contributed by atoms with E-state index in [2.05, 4.69) is 10.6 Å². The lowest BCUT2D eigenvalue weighted by molar-refractivity contribution is -0.142. The minimum atomic E-state index is -1.19. The van der Waals surface area contributed by atoms with Crippen LogP contribution in [-0.2, 0) is 20.9 Å². The molecule has 3 aromatic carbocycles. The summed E-state index contributed by atoms with van der Waals surface area (Å²) >= 11 is 0. The number of hydrogen-bond acceptors (Lipinski definition) is 4. The number of carboxylic acids is 1. The average molecular weight is 430 g/mol. The second-order valence-electron chi connectivity index (χ2n) is 7.45. The number of amides is 2. The highest BCUT2D eigenvalue weighted by molar-refractivity contribution is 5.90. The van der Waals surface area contributed by atoms with Crippen LogP contribution in [0.25, 0.3) is 11.1 Å². The summed E-state index contributed by atoms with van der Waals surface area (Å²) in [7, 11) is 0. The zero-order valence-electron chi connectivity index (χ0n) is 17.2. The Morgan fingerprint density at radius 2 is 1.41 bits per heavy atom. The van der Waals surface area contributed by atoms with Crippen LogP contribution >= 0.6 is 0 Å². The van der Waals surface area contributed by atoms with Crippen molar-refractivity contribution in [3.8, 4) is 11.1 Å². The third kappa shape index (κ3) is 4.46. The van der Waals surface area contributed by atoms with Gasteiger partial charge in [0.2, 0.25) is 5.91 Å². The topological polar surface area (TPSA) is 105 Å². The summed E-state index contributed by atoms with van der Waals surface area (Å²) in [6.45, 7) is -0.324. The van der Waals surface area contributed by atoms with Crippen molar-refractivity contribution >= 4 is 18.0 Å². The highest BCUT2D eigenvalue weighted by atomic mass is 16.5. The summed E-state index contributed by atoms with van der Waals surface area (Å²) in [5, 5.41) is 14.8. The highest BCUT2D eigenvalue weighted by Crippen LogP contribution is 2.46. The summed E-state index contributed by atoms with van der Waals surface area (Å²) in [6, 6.07) is 23.1. The van der Waals surface area contributed by atoms with Crippen LogP contribution in [0.2, 0.25) is 0 Å². The van der Waals surface area contributed by atoms with E-state index >= 15 is 0 Å². The van der Waals surface area contributed by atoms with E-state index in [1.165, 1.54) is 0 Å². The van der Waals surface area contributed by atoms with Crippen LogP contribution in [0, 0.1) is 0 Å². The fraction of sp³-hybridized carbons (Fsp3) is 0.160. The summed E-state index contributed by atoms with van der Waals surface area (Å²) in [4.78, 5) is 36.5. The van der Waals surface area contributed by atoms with E-state index in [4.69, 9.17) is 4.74 Å². The molecule has 2 amide bonds. The van der Waals surface area contributed by atoms with Crippen LogP contribution in [0.3, 0.4) is 0 Å². The molecule has 0 saturated carbocycles. The molecule has 0 unspecified atom stereocenters. The van der Waals surface area contributed by atoms with Crippen LogP contribution in [0.5, 0.6) is 0 Å². The van der Waals surface area contributed by atoms with E-state index in [1.54, 1.807) is 0 Å². The van der Waals surface area contributed by atoms with E-state index in [-0.39, 0.29) is 6.61 Å². The fourth-order valence-electron chi connectivity index (χ4n) is 3.99. The quantitative estimate of drug-likeness (QED) is 0.534.